The van der Waals surface area contributed by atoms with Crippen molar-refractivity contribution in [3.05, 3.63) is 54.6 Å². The number of likely N-dealkylation sites (tertiary alicyclic amines) is 1. The summed E-state index contributed by atoms with van der Waals surface area (Å²) in [6, 6.07) is 16.8. The number of nitrogens with one attached hydrogen (secondary N) is 1. The van der Waals surface area contributed by atoms with Gasteiger partial charge in [0.05, 0.1) is 5.60 Å². The second-order valence-electron chi connectivity index (χ2n) is 7.59. The highest BCUT2D eigenvalue weighted by Gasteiger charge is 2.42. The second-order valence-corrected chi connectivity index (χ2v) is 7.59. The third-order valence-electron chi connectivity index (χ3n) is 5.85. The summed E-state index contributed by atoms with van der Waals surface area (Å²) in [6.07, 6.45) is 4.80. The maximum Gasteiger partial charge on any atom is 0.321 e. The van der Waals surface area contributed by atoms with E-state index < -0.39 is 5.60 Å². The zero-order valence-corrected chi connectivity index (χ0v) is 15.4. The first kappa shape index (κ1) is 17.9. The lowest BCUT2D eigenvalue weighted by molar-refractivity contribution is -0.0845. The fraction of sp³-hybridized carbons (Fsp3) is 0.409. The fourth-order valence-electron chi connectivity index (χ4n) is 3.92. The molecule has 2 aromatic carbocycles. The fourth-order valence-corrected chi connectivity index (χ4v) is 3.92. The number of amides is 2. The summed E-state index contributed by atoms with van der Waals surface area (Å²) in [7, 11) is 0. The number of nitrogens with zero attached hydrogens (tertiary/aromatic N) is 1. The monoisotopic (exact) mass is 366 g/mol. The zero-order valence-electron chi connectivity index (χ0n) is 15.4. The van der Waals surface area contributed by atoms with Gasteiger partial charge in [-0.3, -0.25) is 0 Å². The number of para-hydroxylation sites is 1. The van der Waals surface area contributed by atoms with Crippen LogP contribution in [0.15, 0.2) is 54.6 Å². The maximum atomic E-state index is 12.6. The quantitative estimate of drug-likeness (QED) is 0.829. The van der Waals surface area contributed by atoms with Crippen molar-refractivity contribution in [3.63, 3.8) is 0 Å². The van der Waals surface area contributed by atoms with E-state index in [4.69, 9.17) is 4.74 Å². The Morgan fingerprint density at radius 3 is 2.41 bits per heavy atom. The predicted octanol–water partition coefficient (Wildman–Crippen LogP) is 4.64. The van der Waals surface area contributed by atoms with Gasteiger partial charge in [0.2, 0.25) is 0 Å². The molecular weight excluding hydrogens is 340 g/mol. The molecule has 27 heavy (non-hydrogen) atoms. The molecule has 2 aromatic rings. The van der Waals surface area contributed by atoms with Crippen molar-refractivity contribution < 1.29 is 14.6 Å². The number of benzene rings is 2. The summed E-state index contributed by atoms with van der Waals surface area (Å²) in [5.74, 6) is 1.86. The Hall–Kier alpha value is -2.53. The molecule has 2 N–H and O–H groups in total. The van der Waals surface area contributed by atoms with Crippen LogP contribution in [0.5, 0.6) is 11.5 Å². The van der Waals surface area contributed by atoms with Crippen molar-refractivity contribution >= 4 is 11.7 Å². The minimum atomic E-state index is -0.571. The van der Waals surface area contributed by atoms with Crippen LogP contribution in [0.1, 0.15) is 32.1 Å². The molecule has 0 atom stereocenters. The van der Waals surface area contributed by atoms with Gasteiger partial charge in [-0.1, -0.05) is 30.7 Å². The molecule has 1 saturated heterocycles. The van der Waals surface area contributed by atoms with E-state index in [2.05, 4.69) is 5.32 Å². The van der Waals surface area contributed by atoms with Crippen LogP contribution in [-0.2, 0) is 0 Å². The molecule has 2 amide bonds. The number of ether oxygens (including phenoxy) is 1. The SMILES string of the molecule is O=C(Nc1cccc(Oc2ccccc2)c1)N1CCC(O)(C2CCC2)CC1. The lowest BCUT2D eigenvalue weighted by Gasteiger charge is -2.46. The van der Waals surface area contributed by atoms with Crippen molar-refractivity contribution in [2.24, 2.45) is 5.92 Å². The first-order valence-corrected chi connectivity index (χ1v) is 9.74. The van der Waals surface area contributed by atoms with Gasteiger partial charge in [0.25, 0.3) is 0 Å². The van der Waals surface area contributed by atoms with Crippen LogP contribution in [0, 0.1) is 5.92 Å². The molecule has 0 aromatic heterocycles. The molecule has 0 spiro atoms. The summed E-state index contributed by atoms with van der Waals surface area (Å²) < 4.78 is 5.82. The molecule has 1 heterocycles. The molecule has 0 bridgehead atoms. The number of carbonyl (C=O) groups is 1. The van der Waals surface area contributed by atoms with E-state index in [1.807, 2.05) is 54.6 Å². The van der Waals surface area contributed by atoms with E-state index >= 15 is 0 Å². The van der Waals surface area contributed by atoms with Gasteiger partial charge in [-0.2, -0.15) is 0 Å². The van der Waals surface area contributed by atoms with Gasteiger partial charge in [-0.25, -0.2) is 4.79 Å². The first-order chi connectivity index (χ1) is 13.1. The van der Waals surface area contributed by atoms with E-state index in [9.17, 15) is 9.90 Å². The molecule has 4 rings (SSSR count). The summed E-state index contributed by atoms with van der Waals surface area (Å²) >= 11 is 0. The minimum absolute atomic E-state index is 0.123. The van der Waals surface area contributed by atoms with E-state index in [0.717, 1.165) is 18.6 Å². The molecule has 1 aliphatic heterocycles. The molecule has 2 fully saturated rings. The Bertz CT molecular complexity index is 781. The van der Waals surface area contributed by atoms with Crippen LogP contribution in [0.25, 0.3) is 0 Å². The van der Waals surface area contributed by atoms with Crippen LogP contribution < -0.4 is 10.1 Å². The zero-order chi connectivity index (χ0) is 18.7. The Balaban J connectivity index is 1.34. The summed E-state index contributed by atoms with van der Waals surface area (Å²) in [5.41, 5.74) is 0.131. The number of piperidine rings is 1. The highest BCUT2D eigenvalue weighted by molar-refractivity contribution is 5.89. The lowest BCUT2D eigenvalue weighted by atomic mass is 9.69. The minimum Gasteiger partial charge on any atom is -0.457 e. The van der Waals surface area contributed by atoms with Crippen molar-refractivity contribution in [2.45, 2.75) is 37.7 Å². The Morgan fingerprint density at radius 1 is 1.04 bits per heavy atom. The highest BCUT2D eigenvalue weighted by atomic mass is 16.5. The van der Waals surface area contributed by atoms with E-state index in [0.29, 0.717) is 43.3 Å². The van der Waals surface area contributed by atoms with Crippen molar-refractivity contribution in [3.8, 4) is 11.5 Å². The number of rotatable bonds is 4. The van der Waals surface area contributed by atoms with Gasteiger partial charge in [-0.15, -0.1) is 0 Å². The first-order valence-electron chi connectivity index (χ1n) is 9.74. The van der Waals surface area contributed by atoms with Crippen molar-refractivity contribution in [1.82, 2.24) is 4.90 Å². The van der Waals surface area contributed by atoms with Crippen LogP contribution in [-0.4, -0.2) is 34.7 Å². The molecule has 1 aliphatic carbocycles. The van der Waals surface area contributed by atoms with Gasteiger partial charge in [0.15, 0.2) is 0 Å². The Kier molecular flexibility index (Phi) is 5.03. The molecule has 142 valence electrons. The van der Waals surface area contributed by atoms with Crippen LogP contribution >= 0.6 is 0 Å². The van der Waals surface area contributed by atoms with Gasteiger partial charge in [0, 0.05) is 24.8 Å². The van der Waals surface area contributed by atoms with Gasteiger partial charge < -0.3 is 20.1 Å². The number of carbonyl (C=O) groups excluding carboxylic acids is 1. The van der Waals surface area contributed by atoms with Crippen LogP contribution in [0.3, 0.4) is 0 Å². The maximum absolute atomic E-state index is 12.6. The third kappa shape index (κ3) is 4.08. The van der Waals surface area contributed by atoms with E-state index in [1.54, 1.807) is 4.90 Å². The molecule has 5 nitrogen and oxygen atoms in total. The second kappa shape index (κ2) is 7.61. The van der Waals surface area contributed by atoms with Gasteiger partial charge >= 0.3 is 6.03 Å². The normalized spacial score (nSPS) is 19.2. The van der Waals surface area contributed by atoms with Crippen molar-refractivity contribution in [2.75, 3.05) is 18.4 Å². The van der Waals surface area contributed by atoms with Crippen LogP contribution in [0.2, 0.25) is 0 Å². The average Bonchev–Trinajstić information content (AvgIpc) is 2.61. The number of anilines is 1. The molecule has 0 unspecified atom stereocenters. The van der Waals surface area contributed by atoms with Crippen LogP contribution in [0.4, 0.5) is 10.5 Å². The van der Waals surface area contributed by atoms with E-state index in [1.165, 1.54) is 6.42 Å². The Labute approximate surface area is 160 Å². The average molecular weight is 366 g/mol. The number of hydrogen-bond donors (Lipinski definition) is 2. The number of urea groups is 1. The van der Waals surface area contributed by atoms with Crippen molar-refractivity contribution in [1.29, 1.82) is 0 Å². The molecule has 2 aliphatic rings. The van der Waals surface area contributed by atoms with Gasteiger partial charge in [-0.05, 0) is 55.9 Å². The summed E-state index contributed by atoms with van der Waals surface area (Å²) in [6.45, 7) is 1.19. The standard InChI is InChI=1S/C22H26N2O3/c25-21(24-14-12-22(26,13-15-24)17-6-4-7-17)23-18-8-5-11-20(16-18)27-19-9-2-1-3-10-19/h1-3,5,8-11,16-17,26H,4,6-7,12-15H2,(H,23,25). The predicted molar refractivity (Wildman–Crippen MR) is 105 cm³/mol. The Morgan fingerprint density at radius 2 is 1.74 bits per heavy atom. The summed E-state index contributed by atoms with van der Waals surface area (Å²) in [4.78, 5) is 14.4. The molecule has 1 saturated carbocycles. The molecule has 5 heteroatoms. The lowest BCUT2D eigenvalue weighted by Crippen LogP contribution is -2.52. The number of aliphatic hydroxyl groups is 1. The highest BCUT2D eigenvalue weighted by Crippen LogP contribution is 2.41. The number of hydrogen-bond acceptors (Lipinski definition) is 3. The topological polar surface area (TPSA) is 61.8 Å². The smallest absolute Gasteiger partial charge is 0.321 e. The summed E-state index contributed by atoms with van der Waals surface area (Å²) in [5, 5.41) is 13.7. The van der Waals surface area contributed by atoms with E-state index in [-0.39, 0.29) is 6.03 Å². The third-order valence-corrected chi connectivity index (χ3v) is 5.85. The largest absolute Gasteiger partial charge is 0.457 e. The van der Waals surface area contributed by atoms with Gasteiger partial charge in [0.1, 0.15) is 11.5 Å². The molecular formula is C22H26N2O3. The molecule has 0 radical (unpaired) electrons.